The predicted molar refractivity (Wildman–Crippen MR) is 73.8 cm³/mol. The molecule has 0 aromatic carbocycles. The molecule has 2 heterocycles. The summed E-state index contributed by atoms with van der Waals surface area (Å²) in [5, 5.41) is 0. The van der Waals surface area contributed by atoms with Crippen LogP contribution in [0, 0.1) is 6.92 Å². The number of aryl methyl sites for hydroxylation is 1. The highest BCUT2D eigenvalue weighted by Gasteiger charge is 2.25. The summed E-state index contributed by atoms with van der Waals surface area (Å²) in [7, 11) is -3.03. The third-order valence-electron chi connectivity index (χ3n) is 2.78. The van der Waals surface area contributed by atoms with E-state index in [1.54, 1.807) is 10.5 Å². The van der Waals surface area contributed by atoms with Crippen LogP contribution in [0.5, 0.6) is 0 Å². The minimum absolute atomic E-state index is 0.284. The summed E-state index contributed by atoms with van der Waals surface area (Å²) in [5.74, 6) is 0.284. The Morgan fingerprint density at radius 1 is 1.28 bits per heavy atom. The molecule has 0 aliphatic carbocycles. The first-order chi connectivity index (χ1) is 8.58. The maximum atomic E-state index is 11.8. The largest absolute Gasteiger partial charge is 0.261 e. The summed E-state index contributed by atoms with van der Waals surface area (Å²) in [6, 6.07) is 3.85. The molecule has 0 unspecified atom stereocenters. The summed E-state index contributed by atoms with van der Waals surface area (Å²) in [5.41, 5.74) is 1.90. The van der Waals surface area contributed by atoms with E-state index in [9.17, 15) is 8.42 Å². The smallest absolute Gasteiger partial charge is 0.214 e. The maximum absolute atomic E-state index is 11.8. The van der Waals surface area contributed by atoms with Crippen LogP contribution in [-0.4, -0.2) is 30.0 Å². The molecule has 0 atom stereocenters. The van der Waals surface area contributed by atoms with Crippen molar-refractivity contribution < 1.29 is 8.42 Å². The molecule has 0 bridgehead atoms. The summed E-state index contributed by atoms with van der Waals surface area (Å²) in [4.78, 5) is 4.17. The van der Waals surface area contributed by atoms with Crippen LogP contribution in [0.2, 0.25) is 0 Å². The average molecular weight is 270 g/mol. The molecule has 1 aliphatic rings. The zero-order valence-corrected chi connectivity index (χ0v) is 12.2. The van der Waals surface area contributed by atoms with Gasteiger partial charge in [-0.2, -0.15) is 4.31 Å². The van der Waals surface area contributed by atoms with Crippen LogP contribution in [0.4, 0.5) is 0 Å². The minimum Gasteiger partial charge on any atom is -0.261 e. The number of pyridine rings is 1. The van der Waals surface area contributed by atoms with Gasteiger partial charge in [0.05, 0.1) is 5.75 Å². The normalized spacial score (nSPS) is 18.8. The average Bonchev–Trinajstić information content (AvgIpc) is 2.37. The summed E-state index contributed by atoms with van der Waals surface area (Å²) in [6.07, 6.45) is 3.49. The lowest BCUT2D eigenvalue weighted by Gasteiger charge is -2.26. The van der Waals surface area contributed by atoms with Crippen LogP contribution in [-0.2, 0) is 16.6 Å². The Hall–Kier alpha value is -0.940. The summed E-state index contributed by atoms with van der Waals surface area (Å²) in [6.45, 7) is 7.01. The second kappa shape index (κ2) is 6.85. The third kappa shape index (κ3) is 4.07. The maximum Gasteiger partial charge on any atom is 0.214 e. The highest BCUT2D eigenvalue weighted by Crippen LogP contribution is 2.16. The number of aromatic nitrogens is 1. The Morgan fingerprint density at radius 2 is 2.00 bits per heavy atom. The Morgan fingerprint density at radius 3 is 2.56 bits per heavy atom. The molecule has 1 fully saturated rings. The molecule has 5 heteroatoms. The van der Waals surface area contributed by atoms with E-state index in [1.165, 1.54) is 0 Å². The first-order valence-corrected chi connectivity index (χ1v) is 8.08. The van der Waals surface area contributed by atoms with Gasteiger partial charge in [-0.3, -0.25) is 4.98 Å². The standard InChI is InChI=1S/C11H16N2O2S.C2H6/c1-10-4-5-11(8-12-10)9-13-6-2-3-7-16(13,14)15;1-2/h4-5,8H,2-3,6-7,9H2,1H3;1-2H3. The van der Waals surface area contributed by atoms with Gasteiger partial charge in [-0.05, 0) is 31.4 Å². The second-order valence-electron chi connectivity index (χ2n) is 4.16. The van der Waals surface area contributed by atoms with Crippen molar-refractivity contribution in [1.82, 2.24) is 9.29 Å². The van der Waals surface area contributed by atoms with Gasteiger partial charge in [-0.15, -0.1) is 0 Å². The van der Waals surface area contributed by atoms with E-state index in [-0.39, 0.29) is 5.75 Å². The first kappa shape index (κ1) is 15.1. The molecule has 0 spiro atoms. The van der Waals surface area contributed by atoms with Crippen molar-refractivity contribution in [3.63, 3.8) is 0 Å². The third-order valence-corrected chi connectivity index (χ3v) is 4.69. The van der Waals surface area contributed by atoms with Crippen LogP contribution in [0.3, 0.4) is 0 Å². The Labute approximate surface area is 110 Å². The summed E-state index contributed by atoms with van der Waals surface area (Å²) >= 11 is 0. The molecule has 1 aromatic heterocycles. The van der Waals surface area contributed by atoms with E-state index >= 15 is 0 Å². The van der Waals surface area contributed by atoms with E-state index in [0.717, 1.165) is 24.1 Å². The Bertz CT molecular complexity index is 454. The van der Waals surface area contributed by atoms with Gasteiger partial charge in [0.1, 0.15) is 0 Å². The fraction of sp³-hybridized carbons (Fsp3) is 0.615. The molecule has 0 amide bonds. The zero-order valence-electron chi connectivity index (χ0n) is 11.4. The van der Waals surface area contributed by atoms with Gasteiger partial charge < -0.3 is 0 Å². The van der Waals surface area contributed by atoms with Crippen molar-refractivity contribution in [2.45, 2.75) is 40.2 Å². The van der Waals surface area contributed by atoms with E-state index in [1.807, 2.05) is 32.9 Å². The van der Waals surface area contributed by atoms with Gasteiger partial charge in [-0.25, -0.2) is 8.42 Å². The molecule has 1 aliphatic heterocycles. The van der Waals surface area contributed by atoms with E-state index in [0.29, 0.717) is 13.1 Å². The highest BCUT2D eigenvalue weighted by molar-refractivity contribution is 7.89. The van der Waals surface area contributed by atoms with Gasteiger partial charge in [0.25, 0.3) is 0 Å². The molecule has 18 heavy (non-hydrogen) atoms. The fourth-order valence-corrected chi connectivity index (χ4v) is 3.39. The molecule has 0 saturated carbocycles. The SMILES string of the molecule is CC.Cc1ccc(CN2CCCCS2(=O)=O)cn1. The molecule has 4 nitrogen and oxygen atoms in total. The molecule has 2 rings (SSSR count). The molecule has 0 N–H and O–H groups in total. The van der Waals surface area contributed by atoms with Crippen LogP contribution in [0.15, 0.2) is 18.3 Å². The molecule has 1 aromatic rings. The lowest BCUT2D eigenvalue weighted by atomic mass is 10.2. The molecular formula is C13H22N2O2S. The predicted octanol–water partition coefficient (Wildman–Crippen LogP) is 2.34. The Balaban J connectivity index is 0.000000771. The van der Waals surface area contributed by atoms with E-state index in [4.69, 9.17) is 0 Å². The number of sulfonamides is 1. The van der Waals surface area contributed by atoms with Crippen molar-refractivity contribution >= 4 is 10.0 Å². The van der Waals surface area contributed by atoms with Crippen molar-refractivity contribution in [1.29, 1.82) is 0 Å². The van der Waals surface area contributed by atoms with Crippen LogP contribution >= 0.6 is 0 Å². The van der Waals surface area contributed by atoms with E-state index < -0.39 is 10.0 Å². The molecular weight excluding hydrogens is 248 g/mol. The first-order valence-electron chi connectivity index (χ1n) is 6.47. The number of hydrogen-bond acceptors (Lipinski definition) is 3. The van der Waals surface area contributed by atoms with Gasteiger partial charge in [-0.1, -0.05) is 19.9 Å². The van der Waals surface area contributed by atoms with Crippen molar-refractivity contribution in [2.24, 2.45) is 0 Å². The van der Waals surface area contributed by atoms with Gasteiger partial charge >= 0.3 is 0 Å². The van der Waals surface area contributed by atoms with Gasteiger partial charge in [0, 0.05) is 25.0 Å². The van der Waals surface area contributed by atoms with Crippen LogP contribution in [0.25, 0.3) is 0 Å². The lowest BCUT2D eigenvalue weighted by molar-refractivity contribution is 0.378. The Kier molecular flexibility index (Phi) is 5.75. The summed E-state index contributed by atoms with van der Waals surface area (Å²) < 4.78 is 25.1. The number of hydrogen-bond donors (Lipinski definition) is 0. The monoisotopic (exact) mass is 270 g/mol. The fourth-order valence-electron chi connectivity index (χ4n) is 1.81. The second-order valence-corrected chi connectivity index (χ2v) is 6.25. The minimum atomic E-state index is -3.03. The van der Waals surface area contributed by atoms with E-state index in [2.05, 4.69) is 4.98 Å². The molecule has 0 radical (unpaired) electrons. The number of rotatable bonds is 2. The van der Waals surface area contributed by atoms with Crippen molar-refractivity contribution in [3.8, 4) is 0 Å². The van der Waals surface area contributed by atoms with Crippen LogP contribution in [0.1, 0.15) is 37.9 Å². The molecule has 102 valence electrons. The molecule has 1 saturated heterocycles. The zero-order chi connectivity index (χ0) is 13.6. The van der Waals surface area contributed by atoms with Crippen molar-refractivity contribution in [2.75, 3.05) is 12.3 Å². The van der Waals surface area contributed by atoms with Gasteiger partial charge in [0.15, 0.2) is 0 Å². The quantitative estimate of drug-likeness (QED) is 0.829. The van der Waals surface area contributed by atoms with Crippen LogP contribution < -0.4 is 0 Å². The van der Waals surface area contributed by atoms with Crippen molar-refractivity contribution in [3.05, 3.63) is 29.6 Å². The highest BCUT2D eigenvalue weighted by atomic mass is 32.2. The number of nitrogens with zero attached hydrogens (tertiary/aromatic N) is 2. The lowest BCUT2D eigenvalue weighted by Crippen LogP contribution is -2.37. The topological polar surface area (TPSA) is 50.3 Å². The van der Waals surface area contributed by atoms with Gasteiger partial charge in [0.2, 0.25) is 10.0 Å².